The van der Waals surface area contributed by atoms with Gasteiger partial charge in [-0.25, -0.2) is 0 Å². The third kappa shape index (κ3) is 4.48. The molecule has 3 aromatic carbocycles. The van der Waals surface area contributed by atoms with Gasteiger partial charge in [-0.15, -0.1) is 0 Å². The number of hydrogen-bond acceptors (Lipinski definition) is 3. The molecule has 0 aliphatic carbocycles. The molecule has 1 aliphatic heterocycles. The van der Waals surface area contributed by atoms with Crippen LogP contribution in [0, 0.1) is 0 Å². The van der Waals surface area contributed by atoms with Crippen molar-refractivity contribution in [3.05, 3.63) is 89.5 Å². The minimum Gasteiger partial charge on any atom is -0.450 e. The summed E-state index contributed by atoms with van der Waals surface area (Å²) in [5.74, 6) is 0.556. The van der Waals surface area contributed by atoms with Gasteiger partial charge in [0, 0.05) is 25.2 Å². The lowest BCUT2D eigenvalue weighted by molar-refractivity contribution is 0.0713. The Morgan fingerprint density at radius 1 is 0.967 bits per heavy atom. The fraction of sp³-hybridized carbons (Fsp3) is 0.240. The second kappa shape index (κ2) is 9.29. The van der Waals surface area contributed by atoms with Gasteiger partial charge in [0.05, 0.1) is 0 Å². The van der Waals surface area contributed by atoms with E-state index < -0.39 is 0 Å². The van der Waals surface area contributed by atoms with Gasteiger partial charge in [-0.2, -0.15) is 0 Å². The Labute approximate surface area is 178 Å². The molecule has 0 spiro atoms. The largest absolute Gasteiger partial charge is 0.450 e. The molecule has 3 N–H and O–H groups in total. The van der Waals surface area contributed by atoms with Crippen LogP contribution in [0.1, 0.15) is 40.2 Å². The summed E-state index contributed by atoms with van der Waals surface area (Å²) in [6.45, 7) is 2.08. The molecule has 1 radical (unpaired) electrons. The van der Waals surface area contributed by atoms with Crippen LogP contribution < -0.4 is 11.2 Å². The number of amides is 1. The van der Waals surface area contributed by atoms with Crippen molar-refractivity contribution < 1.29 is 9.82 Å². The molecule has 0 atom stereocenters. The number of benzene rings is 3. The summed E-state index contributed by atoms with van der Waals surface area (Å²) in [7, 11) is 1.09. The second-order valence-electron chi connectivity index (χ2n) is 7.85. The van der Waals surface area contributed by atoms with Gasteiger partial charge in [0.1, 0.15) is 0 Å². The Balaban J connectivity index is 1.45. The number of piperidine rings is 1. The summed E-state index contributed by atoms with van der Waals surface area (Å²) in [5.41, 5.74) is 11.7. The summed E-state index contributed by atoms with van der Waals surface area (Å²) >= 11 is 0. The maximum atomic E-state index is 13.1. The van der Waals surface area contributed by atoms with E-state index in [1.54, 1.807) is 0 Å². The van der Waals surface area contributed by atoms with Crippen LogP contribution in [0.4, 0.5) is 0 Å². The van der Waals surface area contributed by atoms with Crippen molar-refractivity contribution in [1.29, 1.82) is 0 Å². The minimum absolute atomic E-state index is 0.0795. The van der Waals surface area contributed by atoms with Gasteiger partial charge in [-0.05, 0) is 53.1 Å². The molecule has 1 saturated heterocycles. The molecule has 30 heavy (non-hydrogen) atoms. The Bertz CT molecular complexity index is 1030. The van der Waals surface area contributed by atoms with Crippen LogP contribution in [0.5, 0.6) is 0 Å². The number of likely N-dealkylation sites (tertiary alicyclic amines) is 1. The lowest BCUT2D eigenvalue weighted by Gasteiger charge is -2.32. The SMILES string of the molecule is NCc1cccc(C2CCN(C(=O)c3cccc(-c4cccc([B]O)c4)c3)CC2)c1. The number of nitrogens with zero attached hydrogens (tertiary/aromatic N) is 1. The molecular formula is C25H26BN2O2. The summed E-state index contributed by atoms with van der Waals surface area (Å²) in [6, 6.07) is 23.9. The molecule has 3 aromatic rings. The van der Waals surface area contributed by atoms with Crippen LogP contribution in [0.2, 0.25) is 0 Å². The molecule has 4 nitrogen and oxygen atoms in total. The van der Waals surface area contributed by atoms with Gasteiger partial charge in [0.15, 0.2) is 0 Å². The number of rotatable bonds is 5. The average molecular weight is 397 g/mol. The predicted molar refractivity (Wildman–Crippen MR) is 122 cm³/mol. The molecule has 1 heterocycles. The lowest BCUT2D eigenvalue weighted by Crippen LogP contribution is -2.37. The summed E-state index contributed by atoms with van der Waals surface area (Å²) in [5, 5.41) is 9.26. The third-order valence-electron chi connectivity index (χ3n) is 5.92. The molecule has 0 saturated carbocycles. The summed E-state index contributed by atoms with van der Waals surface area (Å²) in [4.78, 5) is 15.1. The van der Waals surface area contributed by atoms with Crippen LogP contribution in [-0.2, 0) is 6.54 Å². The van der Waals surface area contributed by atoms with E-state index in [1.807, 2.05) is 53.4 Å². The fourth-order valence-corrected chi connectivity index (χ4v) is 4.20. The standard InChI is InChI=1S/C25H26BN2O2/c27-17-18-4-1-5-20(14-18)19-10-12-28(13-11-19)25(29)23-8-2-6-21(15-23)22-7-3-9-24(16-22)26-30/h1-9,14-16,19,30H,10-13,17,27H2. The molecule has 0 unspecified atom stereocenters. The van der Waals surface area contributed by atoms with Crippen molar-refractivity contribution in [3.8, 4) is 11.1 Å². The molecule has 0 aromatic heterocycles. The monoisotopic (exact) mass is 397 g/mol. The molecular weight excluding hydrogens is 371 g/mol. The topological polar surface area (TPSA) is 66.6 Å². The Kier molecular flexibility index (Phi) is 6.31. The van der Waals surface area contributed by atoms with Crippen molar-refractivity contribution in [3.63, 3.8) is 0 Å². The van der Waals surface area contributed by atoms with Crippen LogP contribution in [-0.4, -0.2) is 36.4 Å². The highest BCUT2D eigenvalue weighted by atomic mass is 16.2. The van der Waals surface area contributed by atoms with Crippen LogP contribution >= 0.6 is 0 Å². The first kappa shape index (κ1) is 20.4. The first-order valence-electron chi connectivity index (χ1n) is 10.4. The quantitative estimate of drug-likeness (QED) is 0.651. The zero-order chi connectivity index (χ0) is 20.9. The molecule has 0 bridgehead atoms. The highest BCUT2D eigenvalue weighted by Crippen LogP contribution is 2.29. The van der Waals surface area contributed by atoms with E-state index in [2.05, 4.69) is 24.3 Å². The molecule has 1 amide bonds. The Morgan fingerprint density at radius 3 is 2.40 bits per heavy atom. The predicted octanol–water partition coefficient (Wildman–Crippen LogP) is 3.07. The van der Waals surface area contributed by atoms with E-state index in [9.17, 15) is 9.82 Å². The van der Waals surface area contributed by atoms with Gasteiger partial charge in [0.25, 0.3) is 5.91 Å². The molecule has 4 rings (SSSR count). The van der Waals surface area contributed by atoms with Gasteiger partial charge in [-0.1, -0.05) is 66.1 Å². The number of carbonyl (C=O) groups is 1. The van der Waals surface area contributed by atoms with Crippen molar-refractivity contribution in [2.75, 3.05) is 13.1 Å². The van der Waals surface area contributed by atoms with Crippen LogP contribution in [0.25, 0.3) is 11.1 Å². The number of nitrogens with two attached hydrogens (primary N) is 1. The molecule has 1 aliphatic rings. The van der Waals surface area contributed by atoms with E-state index >= 15 is 0 Å². The Hall–Kier alpha value is -2.89. The number of hydrogen-bond donors (Lipinski definition) is 2. The second-order valence-corrected chi connectivity index (χ2v) is 7.85. The van der Waals surface area contributed by atoms with Gasteiger partial charge < -0.3 is 15.7 Å². The molecule has 1 fully saturated rings. The molecule has 151 valence electrons. The first-order chi connectivity index (χ1) is 14.7. The first-order valence-corrected chi connectivity index (χ1v) is 10.4. The van der Waals surface area contributed by atoms with Crippen molar-refractivity contribution >= 4 is 18.9 Å². The smallest absolute Gasteiger partial charge is 0.326 e. The van der Waals surface area contributed by atoms with Gasteiger partial charge >= 0.3 is 7.48 Å². The highest BCUT2D eigenvalue weighted by Gasteiger charge is 2.24. The maximum absolute atomic E-state index is 13.1. The summed E-state index contributed by atoms with van der Waals surface area (Å²) < 4.78 is 0. The summed E-state index contributed by atoms with van der Waals surface area (Å²) in [6.07, 6.45) is 1.93. The lowest BCUT2D eigenvalue weighted by atomic mass is 9.86. The van der Waals surface area contributed by atoms with E-state index in [0.717, 1.165) is 55.6 Å². The van der Waals surface area contributed by atoms with E-state index in [1.165, 1.54) is 5.56 Å². The molecule has 5 heteroatoms. The van der Waals surface area contributed by atoms with Crippen molar-refractivity contribution in [2.24, 2.45) is 5.73 Å². The number of carbonyl (C=O) groups excluding carboxylic acids is 1. The average Bonchev–Trinajstić information content (AvgIpc) is 2.84. The maximum Gasteiger partial charge on any atom is 0.326 e. The van der Waals surface area contributed by atoms with Crippen molar-refractivity contribution in [1.82, 2.24) is 4.90 Å². The fourth-order valence-electron chi connectivity index (χ4n) is 4.20. The van der Waals surface area contributed by atoms with E-state index in [0.29, 0.717) is 18.0 Å². The van der Waals surface area contributed by atoms with Gasteiger partial charge in [0.2, 0.25) is 0 Å². The van der Waals surface area contributed by atoms with E-state index in [-0.39, 0.29) is 5.91 Å². The van der Waals surface area contributed by atoms with Crippen molar-refractivity contribution in [2.45, 2.75) is 25.3 Å². The third-order valence-corrected chi connectivity index (χ3v) is 5.92. The highest BCUT2D eigenvalue weighted by molar-refractivity contribution is 6.45. The normalized spacial score (nSPS) is 14.5. The van der Waals surface area contributed by atoms with E-state index in [4.69, 9.17) is 5.73 Å². The minimum atomic E-state index is 0.0795. The van der Waals surface area contributed by atoms with Crippen LogP contribution in [0.15, 0.2) is 72.8 Å². The zero-order valence-corrected chi connectivity index (χ0v) is 17.0. The van der Waals surface area contributed by atoms with Gasteiger partial charge in [-0.3, -0.25) is 4.79 Å². The Morgan fingerprint density at radius 2 is 1.67 bits per heavy atom. The zero-order valence-electron chi connectivity index (χ0n) is 17.0. The van der Waals surface area contributed by atoms with Crippen LogP contribution in [0.3, 0.4) is 0 Å².